The van der Waals surface area contributed by atoms with E-state index in [9.17, 15) is 14.9 Å². The van der Waals surface area contributed by atoms with Crippen LogP contribution in [0.25, 0.3) is 10.4 Å². The average molecular weight is 344 g/mol. The number of thiophene rings is 1. The average Bonchev–Trinajstić information content (AvgIpc) is 3.17. The summed E-state index contributed by atoms with van der Waals surface area (Å²) in [5.74, 6) is -0.0111. The van der Waals surface area contributed by atoms with Gasteiger partial charge in [0.2, 0.25) is 0 Å². The molecule has 0 saturated heterocycles. The number of benzene rings is 1. The topological polar surface area (TPSA) is 95.5 Å². The molecule has 0 fully saturated rings. The molecule has 0 saturated carbocycles. The van der Waals surface area contributed by atoms with E-state index in [1.54, 1.807) is 19.9 Å². The Kier molecular flexibility index (Phi) is 4.13. The Morgan fingerprint density at radius 3 is 2.71 bits per heavy atom. The van der Waals surface area contributed by atoms with Gasteiger partial charge in [-0.2, -0.15) is 0 Å². The molecule has 3 aromatic rings. The summed E-state index contributed by atoms with van der Waals surface area (Å²) in [6.45, 7) is 3.26. The van der Waals surface area contributed by atoms with E-state index in [1.165, 1.54) is 29.5 Å². The van der Waals surface area contributed by atoms with Crippen molar-refractivity contribution in [3.8, 4) is 16.2 Å². The molecule has 2 aromatic heterocycles. The monoisotopic (exact) mass is 344 g/mol. The molecule has 1 aromatic carbocycles. The van der Waals surface area contributed by atoms with Gasteiger partial charge >= 0.3 is 5.97 Å². The lowest BCUT2D eigenvalue weighted by Gasteiger charge is -2.09. The molecule has 0 spiro atoms. The standard InChI is InChI=1S/C16H12N2O5S/c1-9-15(10(2)23-17-9)16(19)22-13-6-5-11(18(20)21)8-12(13)14-4-3-7-24-14/h3-8H,1-2H3. The van der Waals surface area contributed by atoms with Gasteiger partial charge in [-0.3, -0.25) is 10.1 Å². The van der Waals surface area contributed by atoms with Gasteiger partial charge in [0.25, 0.3) is 5.69 Å². The molecule has 0 amide bonds. The van der Waals surface area contributed by atoms with Crippen molar-refractivity contribution in [2.75, 3.05) is 0 Å². The van der Waals surface area contributed by atoms with Crippen molar-refractivity contribution in [2.24, 2.45) is 0 Å². The third kappa shape index (κ3) is 2.91. The maximum absolute atomic E-state index is 12.4. The van der Waals surface area contributed by atoms with Crippen LogP contribution in [0.4, 0.5) is 5.69 Å². The van der Waals surface area contributed by atoms with E-state index >= 15 is 0 Å². The van der Waals surface area contributed by atoms with E-state index in [0.717, 1.165) is 4.88 Å². The van der Waals surface area contributed by atoms with Crippen LogP contribution in [0, 0.1) is 24.0 Å². The van der Waals surface area contributed by atoms with Gasteiger partial charge in [0.1, 0.15) is 17.1 Å². The Labute approximate surface area is 140 Å². The molecule has 0 unspecified atom stereocenters. The van der Waals surface area contributed by atoms with Crippen molar-refractivity contribution in [3.63, 3.8) is 0 Å². The fourth-order valence-electron chi connectivity index (χ4n) is 2.27. The summed E-state index contributed by atoms with van der Waals surface area (Å²) in [6.07, 6.45) is 0. The second kappa shape index (κ2) is 6.25. The van der Waals surface area contributed by atoms with Crippen LogP contribution in [-0.2, 0) is 0 Å². The van der Waals surface area contributed by atoms with Crippen molar-refractivity contribution in [1.82, 2.24) is 5.16 Å². The number of ether oxygens (including phenoxy) is 1. The molecule has 0 radical (unpaired) electrons. The zero-order chi connectivity index (χ0) is 17.3. The van der Waals surface area contributed by atoms with Gasteiger partial charge in [-0.1, -0.05) is 11.2 Å². The molecule has 0 N–H and O–H groups in total. The molecule has 8 heteroatoms. The van der Waals surface area contributed by atoms with Crippen molar-refractivity contribution >= 4 is 23.0 Å². The number of carbonyl (C=O) groups excluding carboxylic acids is 1. The second-order valence-electron chi connectivity index (χ2n) is 5.00. The lowest BCUT2D eigenvalue weighted by molar-refractivity contribution is -0.384. The van der Waals surface area contributed by atoms with E-state index in [1.807, 2.05) is 11.4 Å². The van der Waals surface area contributed by atoms with Crippen LogP contribution in [0.1, 0.15) is 21.8 Å². The highest BCUT2D eigenvalue weighted by atomic mass is 32.1. The number of hydrogen-bond acceptors (Lipinski definition) is 7. The number of rotatable bonds is 4. The number of nitro groups is 1. The number of nitrogens with zero attached hydrogens (tertiary/aromatic N) is 2. The van der Waals surface area contributed by atoms with E-state index < -0.39 is 10.9 Å². The highest BCUT2D eigenvalue weighted by Gasteiger charge is 2.22. The fraction of sp³-hybridized carbons (Fsp3) is 0.125. The summed E-state index contributed by atoms with van der Waals surface area (Å²) in [5, 5.41) is 16.6. The van der Waals surface area contributed by atoms with Gasteiger partial charge in [-0.05, 0) is 31.4 Å². The van der Waals surface area contributed by atoms with Gasteiger partial charge in [0.05, 0.1) is 10.6 Å². The van der Waals surface area contributed by atoms with Gasteiger partial charge in [0, 0.05) is 22.6 Å². The van der Waals surface area contributed by atoms with Crippen LogP contribution in [-0.4, -0.2) is 16.0 Å². The van der Waals surface area contributed by atoms with Crippen molar-refractivity contribution in [2.45, 2.75) is 13.8 Å². The molecule has 7 nitrogen and oxygen atoms in total. The second-order valence-corrected chi connectivity index (χ2v) is 5.95. The summed E-state index contributed by atoms with van der Waals surface area (Å²) in [4.78, 5) is 23.7. The Morgan fingerprint density at radius 2 is 2.12 bits per heavy atom. The maximum Gasteiger partial charge on any atom is 0.349 e. The minimum absolute atomic E-state index is 0.0736. The highest BCUT2D eigenvalue weighted by Crippen LogP contribution is 2.36. The molecule has 24 heavy (non-hydrogen) atoms. The predicted molar refractivity (Wildman–Crippen MR) is 87.3 cm³/mol. The van der Waals surface area contributed by atoms with Gasteiger partial charge in [-0.15, -0.1) is 11.3 Å². The molecule has 122 valence electrons. The molecular formula is C16H12N2O5S. The summed E-state index contributed by atoms with van der Waals surface area (Å²) in [6, 6.07) is 7.73. The van der Waals surface area contributed by atoms with Crippen molar-refractivity contribution in [1.29, 1.82) is 0 Å². The van der Waals surface area contributed by atoms with Gasteiger partial charge in [-0.25, -0.2) is 4.79 Å². The van der Waals surface area contributed by atoms with Gasteiger partial charge < -0.3 is 9.26 Å². The van der Waals surface area contributed by atoms with Gasteiger partial charge in [0.15, 0.2) is 0 Å². The number of aromatic nitrogens is 1. The molecule has 0 aliphatic rings. The smallest absolute Gasteiger partial charge is 0.349 e. The first-order valence-electron chi connectivity index (χ1n) is 6.94. The first kappa shape index (κ1) is 15.9. The Balaban J connectivity index is 2.02. The third-order valence-electron chi connectivity index (χ3n) is 3.40. The Bertz CT molecular complexity index is 895. The normalized spacial score (nSPS) is 10.6. The number of nitro benzene ring substituents is 1. The first-order valence-corrected chi connectivity index (χ1v) is 7.82. The van der Waals surface area contributed by atoms with E-state index in [2.05, 4.69) is 5.16 Å². The summed E-state index contributed by atoms with van der Waals surface area (Å²) in [7, 11) is 0. The van der Waals surface area contributed by atoms with E-state index in [4.69, 9.17) is 9.26 Å². The van der Waals surface area contributed by atoms with Crippen LogP contribution in [0.15, 0.2) is 40.2 Å². The lowest BCUT2D eigenvalue weighted by atomic mass is 10.1. The first-order chi connectivity index (χ1) is 11.5. The minimum Gasteiger partial charge on any atom is -0.422 e. The van der Waals surface area contributed by atoms with Crippen molar-refractivity contribution < 1.29 is 19.0 Å². The van der Waals surface area contributed by atoms with E-state index in [-0.39, 0.29) is 17.0 Å². The van der Waals surface area contributed by atoms with Crippen molar-refractivity contribution in [3.05, 3.63) is 62.8 Å². The molecule has 0 aliphatic heterocycles. The molecule has 3 rings (SSSR count). The number of aryl methyl sites for hydroxylation is 2. The molecule has 0 bridgehead atoms. The van der Waals surface area contributed by atoms with Crippen LogP contribution in [0.2, 0.25) is 0 Å². The number of carbonyl (C=O) groups is 1. The third-order valence-corrected chi connectivity index (χ3v) is 4.30. The predicted octanol–water partition coefficient (Wildman–Crippen LogP) is 4.15. The summed E-state index contributed by atoms with van der Waals surface area (Å²) < 4.78 is 10.4. The summed E-state index contributed by atoms with van der Waals surface area (Å²) in [5.41, 5.74) is 1.09. The molecule has 2 heterocycles. The Morgan fingerprint density at radius 1 is 1.33 bits per heavy atom. The Hall–Kier alpha value is -3.00. The quantitative estimate of drug-likeness (QED) is 0.305. The molecule has 0 aliphatic carbocycles. The number of non-ortho nitro benzene ring substituents is 1. The maximum atomic E-state index is 12.4. The highest BCUT2D eigenvalue weighted by molar-refractivity contribution is 7.13. The van der Waals surface area contributed by atoms with Crippen LogP contribution >= 0.6 is 11.3 Å². The lowest BCUT2D eigenvalue weighted by Crippen LogP contribution is -2.11. The fourth-order valence-corrected chi connectivity index (χ4v) is 3.02. The van der Waals surface area contributed by atoms with Crippen LogP contribution in [0.5, 0.6) is 5.75 Å². The molecular weight excluding hydrogens is 332 g/mol. The zero-order valence-corrected chi connectivity index (χ0v) is 13.6. The summed E-state index contributed by atoms with van der Waals surface area (Å²) >= 11 is 1.40. The SMILES string of the molecule is Cc1noc(C)c1C(=O)Oc1ccc([N+](=O)[O-])cc1-c1cccs1. The molecule has 0 atom stereocenters. The number of esters is 1. The van der Waals surface area contributed by atoms with E-state index in [0.29, 0.717) is 17.0 Å². The number of hydrogen-bond donors (Lipinski definition) is 0. The minimum atomic E-state index is -0.613. The van der Waals surface area contributed by atoms with Crippen LogP contribution < -0.4 is 4.74 Å². The van der Waals surface area contributed by atoms with Crippen LogP contribution in [0.3, 0.4) is 0 Å². The largest absolute Gasteiger partial charge is 0.422 e. The zero-order valence-electron chi connectivity index (χ0n) is 12.8.